The van der Waals surface area contributed by atoms with Crippen LogP contribution in [0, 0.1) is 5.92 Å². The Morgan fingerprint density at radius 2 is 2.14 bits per heavy atom. The summed E-state index contributed by atoms with van der Waals surface area (Å²) in [4.78, 5) is 6.99. The number of guanidine groups is 1. The van der Waals surface area contributed by atoms with E-state index in [2.05, 4.69) is 30.0 Å². The lowest BCUT2D eigenvalue weighted by Crippen LogP contribution is -2.42. The standard InChI is InChI=1S/C18H27N3O/c1-3-22-15-6-4-5-14(11-15)16-12-17(16)20-18(19)21-9-7-13(2)8-10-21/h4-6,11,13,16-17H,3,7-10,12H2,1-2H3,(H2,19,20)/t16-,17+/m0/s1. The number of rotatable bonds is 4. The Hall–Kier alpha value is -1.71. The van der Waals surface area contributed by atoms with Gasteiger partial charge in [0.05, 0.1) is 12.6 Å². The van der Waals surface area contributed by atoms with Crippen molar-refractivity contribution in [2.45, 2.75) is 45.1 Å². The number of aliphatic imine (C=N–C) groups is 1. The van der Waals surface area contributed by atoms with Crippen LogP contribution in [0.1, 0.15) is 44.6 Å². The average molecular weight is 301 g/mol. The molecule has 4 nitrogen and oxygen atoms in total. The smallest absolute Gasteiger partial charge is 0.191 e. The molecule has 2 atom stereocenters. The second-order valence-corrected chi connectivity index (χ2v) is 6.57. The summed E-state index contributed by atoms with van der Waals surface area (Å²) in [6.45, 7) is 7.13. The average Bonchev–Trinajstić information content (AvgIpc) is 3.28. The van der Waals surface area contributed by atoms with Crippen molar-refractivity contribution in [1.82, 2.24) is 4.90 Å². The molecule has 22 heavy (non-hydrogen) atoms. The van der Waals surface area contributed by atoms with Crippen LogP contribution in [-0.4, -0.2) is 36.6 Å². The maximum absolute atomic E-state index is 6.20. The van der Waals surface area contributed by atoms with Gasteiger partial charge in [0.1, 0.15) is 5.75 Å². The number of nitrogens with zero attached hydrogens (tertiary/aromatic N) is 2. The maximum Gasteiger partial charge on any atom is 0.191 e. The van der Waals surface area contributed by atoms with Crippen LogP contribution >= 0.6 is 0 Å². The summed E-state index contributed by atoms with van der Waals surface area (Å²) in [5, 5.41) is 0. The molecular weight excluding hydrogens is 274 g/mol. The fraction of sp³-hybridized carbons (Fsp3) is 0.611. The van der Waals surface area contributed by atoms with Crippen molar-refractivity contribution in [3.8, 4) is 5.75 Å². The van der Waals surface area contributed by atoms with E-state index in [0.717, 1.165) is 37.1 Å². The van der Waals surface area contributed by atoms with Crippen LogP contribution in [0.15, 0.2) is 29.3 Å². The summed E-state index contributed by atoms with van der Waals surface area (Å²) in [6.07, 6.45) is 3.54. The zero-order valence-corrected chi connectivity index (χ0v) is 13.7. The summed E-state index contributed by atoms with van der Waals surface area (Å²) in [5.74, 6) is 3.01. The highest BCUT2D eigenvalue weighted by molar-refractivity contribution is 5.78. The van der Waals surface area contributed by atoms with E-state index in [1.54, 1.807) is 0 Å². The molecule has 1 aromatic carbocycles. The molecule has 4 heteroatoms. The molecular formula is C18H27N3O. The Labute approximate surface area is 133 Å². The van der Waals surface area contributed by atoms with Gasteiger partial charge in [-0.2, -0.15) is 0 Å². The highest BCUT2D eigenvalue weighted by Gasteiger charge is 2.39. The van der Waals surface area contributed by atoms with E-state index in [4.69, 9.17) is 15.5 Å². The third-order valence-electron chi connectivity index (χ3n) is 4.76. The fourth-order valence-corrected chi connectivity index (χ4v) is 3.17. The van der Waals surface area contributed by atoms with Gasteiger partial charge in [-0.05, 0) is 49.8 Å². The van der Waals surface area contributed by atoms with Gasteiger partial charge in [0.2, 0.25) is 0 Å². The highest BCUT2D eigenvalue weighted by Crippen LogP contribution is 2.44. The van der Waals surface area contributed by atoms with Crippen molar-refractivity contribution in [2.75, 3.05) is 19.7 Å². The van der Waals surface area contributed by atoms with Gasteiger partial charge in [0.15, 0.2) is 5.96 Å². The topological polar surface area (TPSA) is 50.9 Å². The number of ether oxygens (including phenoxy) is 1. The number of likely N-dealkylation sites (tertiary alicyclic amines) is 1. The third-order valence-corrected chi connectivity index (χ3v) is 4.76. The van der Waals surface area contributed by atoms with E-state index in [1.807, 2.05) is 13.0 Å². The van der Waals surface area contributed by atoms with Crippen molar-refractivity contribution in [3.63, 3.8) is 0 Å². The zero-order valence-electron chi connectivity index (χ0n) is 13.7. The van der Waals surface area contributed by atoms with Gasteiger partial charge >= 0.3 is 0 Å². The molecule has 1 aliphatic heterocycles. The van der Waals surface area contributed by atoms with Crippen LogP contribution in [0.3, 0.4) is 0 Å². The van der Waals surface area contributed by atoms with Crippen molar-refractivity contribution in [2.24, 2.45) is 16.6 Å². The van der Waals surface area contributed by atoms with Gasteiger partial charge < -0.3 is 15.4 Å². The number of nitrogens with two attached hydrogens (primary N) is 1. The normalized spacial score (nSPS) is 26.1. The first-order valence-corrected chi connectivity index (χ1v) is 8.48. The van der Waals surface area contributed by atoms with E-state index in [1.165, 1.54) is 18.4 Å². The van der Waals surface area contributed by atoms with Crippen LogP contribution in [0.4, 0.5) is 0 Å². The number of piperidine rings is 1. The molecule has 2 fully saturated rings. The lowest BCUT2D eigenvalue weighted by molar-refractivity contribution is 0.277. The van der Waals surface area contributed by atoms with Crippen LogP contribution < -0.4 is 10.5 Å². The lowest BCUT2D eigenvalue weighted by atomic mass is 10.00. The van der Waals surface area contributed by atoms with Crippen molar-refractivity contribution < 1.29 is 4.74 Å². The van der Waals surface area contributed by atoms with Crippen molar-refractivity contribution in [3.05, 3.63) is 29.8 Å². The molecule has 1 aliphatic carbocycles. The van der Waals surface area contributed by atoms with Crippen LogP contribution in [0.2, 0.25) is 0 Å². The molecule has 0 bridgehead atoms. The summed E-state index contributed by atoms with van der Waals surface area (Å²) in [7, 11) is 0. The predicted molar refractivity (Wildman–Crippen MR) is 90.4 cm³/mol. The monoisotopic (exact) mass is 301 g/mol. The zero-order chi connectivity index (χ0) is 15.5. The SMILES string of the molecule is CCOc1cccc([C@@H]2C[C@H]2N=C(N)N2CCC(C)CC2)c1. The Kier molecular flexibility index (Phi) is 4.55. The maximum atomic E-state index is 6.20. The van der Waals surface area contributed by atoms with Gasteiger partial charge in [0, 0.05) is 19.0 Å². The summed E-state index contributed by atoms with van der Waals surface area (Å²) in [6, 6.07) is 8.73. The molecule has 0 amide bonds. The fourth-order valence-electron chi connectivity index (χ4n) is 3.17. The largest absolute Gasteiger partial charge is 0.494 e. The quantitative estimate of drug-likeness (QED) is 0.687. The predicted octanol–water partition coefficient (Wildman–Crippen LogP) is 2.99. The molecule has 1 saturated carbocycles. The molecule has 2 aliphatic rings. The summed E-state index contributed by atoms with van der Waals surface area (Å²) >= 11 is 0. The third kappa shape index (κ3) is 3.54. The summed E-state index contributed by atoms with van der Waals surface area (Å²) in [5.41, 5.74) is 7.52. The van der Waals surface area contributed by atoms with Crippen LogP contribution in [0.5, 0.6) is 5.75 Å². The van der Waals surface area contributed by atoms with E-state index in [9.17, 15) is 0 Å². The minimum atomic E-state index is 0.344. The minimum absolute atomic E-state index is 0.344. The van der Waals surface area contributed by atoms with Gasteiger partial charge in [-0.15, -0.1) is 0 Å². The first-order chi connectivity index (χ1) is 10.7. The number of hydrogen-bond acceptors (Lipinski definition) is 2. The molecule has 0 aromatic heterocycles. The molecule has 2 N–H and O–H groups in total. The molecule has 1 aromatic rings. The van der Waals surface area contributed by atoms with E-state index in [-0.39, 0.29) is 0 Å². The second kappa shape index (κ2) is 6.59. The molecule has 0 unspecified atom stereocenters. The summed E-state index contributed by atoms with van der Waals surface area (Å²) < 4.78 is 5.58. The van der Waals surface area contributed by atoms with Crippen LogP contribution in [-0.2, 0) is 0 Å². The van der Waals surface area contributed by atoms with Crippen molar-refractivity contribution in [1.29, 1.82) is 0 Å². The van der Waals surface area contributed by atoms with Gasteiger partial charge in [0.25, 0.3) is 0 Å². The number of hydrogen-bond donors (Lipinski definition) is 1. The van der Waals surface area contributed by atoms with Gasteiger partial charge in [-0.1, -0.05) is 19.1 Å². The Balaban J connectivity index is 1.59. The van der Waals surface area contributed by atoms with E-state index < -0.39 is 0 Å². The first kappa shape index (κ1) is 15.2. The van der Waals surface area contributed by atoms with E-state index >= 15 is 0 Å². The van der Waals surface area contributed by atoms with Gasteiger partial charge in [-0.3, -0.25) is 0 Å². The van der Waals surface area contributed by atoms with Crippen molar-refractivity contribution >= 4 is 5.96 Å². The number of benzene rings is 1. The molecule has 1 saturated heterocycles. The molecule has 120 valence electrons. The molecule has 3 rings (SSSR count). The Bertz CT molecular complexity index is 535. The van der Waals surface area contributed by atoms with E-state index in [0.29, 0.717) is 18.6 Å². The van der Waals surface area contributed by atoms with Gasteiger partial charge in [-0.25, -0.2) is 4.99 Å². The molecule has 1 heterocycles. The highest BCUT2D eigenvalue weighted by atomic mass is 16.5. The lowest BCUT2D eigenvalue weighted by Gasteiger charge is -2.31. The second-order valence-electron chi connectivity index (χ2n) is 6.57. The Morgan fingerprint density at radius 3 is 2.86 bits per heavy atom. The van der Waals surface area contributed by atoms with Crippen LogP contribution in [0.25, 0.3) is 0 Å². The molecule has 0 spiro atoms. The Morgan fingerprint density at radius 1 is 1.36 bits per heavy atom. The molecule has 0 radical (unpaired) electrons. The minimum Gasteiger partial charge on any atom is -0.494 e. The first-order valence-electron chi connectivity index (χ1n) is 8.48.